The van der Waals surface area contributed by atoms with Crippen LogP contribution < -0.4 is 0 Å². The van der Waals surface area contributed by atoms with Crippen LogP contribution in [-0.2, 0) is 23.8 Å². The summed E-state index contributed by atoms with van der Waals surface area (Å²) in [5.41, 5.74) is 0.453. The van der Waals surface area contributed by atoms with Crippen LogP contribution in [0.5, 0.6) is 0 Å². The Kier molecular flexibility index (Phi) is 5.95. The molecule has 1 aliphatic rings. The van der Waals surface area contributed by atoms with Gasteiger partial charge in [-0.2, -0.15) is 0 Å². The van der Waals surface area contributed by atoms with E-state index in [2.05, 4.69) is 0 Å². The summed E-state index contributed by atoms with van der Waals surface area (Å²) < 4.78 is 15.1. The molecule has 0 saturated heterocycles. The van der Waals surface area contributed by atoms with Crippen LogP contribution in [0, 0.1) is 0 Å². The zero-order valence-electron chi connectivity index (χ0n) is 13.3. The predicted molar refractivity (Wildman–Crippen MR) is 77.1 cm³/mol. The van der Waals surface area contributed by atoms with Gasteiger partial charge in [0.1, 0.15) is 17.1 Å². The molecular formula is C15H19NO6. The number of carbonyl (C=O) groups is 2. The van der Waals surface area contributed by atoms with Crippen LogP contribution in [-0.4, -0.2) is 43.2 Å². The fourth-order valence-electron chi connectivity index (χ4n) is 2.18. The van der Waals surface area contributed by atoms with Gasteiger partial charge in [0, 0.05) is 5.70 Å². The van der Waals surface area contributed by atoms with Gasteiger partial charge in [0.05, 0.1) is 26.0 Å². The minimum atomic E-state index is -0.725. The van der Waals surface area contributed by atoms with E-state index in [1.165, 1.54) is 14.0 Å². The lowest BCUT2D eigenvalue weighted by Crippen LogP contribution is -2.35. The van der Waals surface area contributed by atoms with Crippen LogP contribution in [0.3, 0.4) is 0 Å². The molecule has 7 heteroatoms. The molecule has 0 aromatic carbocycles. The molecule has 0 bridgehead atoms. The van der Waals surface area contributed by atoms with Gasteiger partial charge in [0.2, 0.25) is 0 Å². The first-order valence-corrected chi connectivity index (χ1v) is 6.80. The minimum absolute atomic E-state index is 0.0590. The molecule has 0 aromatic heterocycles. The van der Waals surface area contributed by atoms with Crippen LogP contribution in [0.25, 0.3) is 0 Å². The molecular weight excluding hydrogens is 290 g/mol. The number of rotatable bonds is 4. The van der Waals surface area contributed by atoms with Gasteiger partial charge in [-0.05, 0) is 27.7 Å². The van der Waals surface area contributed by atoms with Crippen molar-refractivity contribution in [3.05, 3.63) is 28.3 Å². The molecule has 22 heavy (non-hydrogen) atoms. The number of ether oxygens (including phenoxy) is 3. The molecule has 7 nitrogen and oxygen atoms in total. The SMILES string of the molecule is CCOC(=O)C1=C(C)N(C(=O)OC)C(C)=C(OCC)C1=C=O. The standard InChI is InChI=1S/C15H19NO6/c1-6-21-13-10(4)16(15(19)20-5)9(3)12(11(13)8-17)14(18)22-7-2/h6-7H2,1-5H3. The van der Waals surface area contributed by atoms with Gasteiger partial charge >= 0.3 is 12.1 Å². The highest BCUT2D eigenvalue weighted by atomic mass is 16.5. The number of esters is 1. The van der Waals surface area contributed by atoms with Crippen molar-refractivity contribution in [3.8, 4) is 0 Å². The van der Waals surface area contributed by atoms with Crippen LogP contribution in [0.4, 0.5) is 4.79 Å². The topological polar surface area (TPSA) is 82.1 Å². The molecule has 0 unspecified atom stereocenters. The maximum absolute atomic E-state index is 12.2. The average molecular weight is 309 g/mol. The number of hydrogen-bond acceptors (Lipinski definition) is 6. The maximum atomic E-state index is 12.2. The Hall–Kier alpha value is -2.53. The highest BCUT2D eigenvalue weighted by Crippen LogP contribution is 2.35. The molecule has 0 atom stereocenters. The van der Waals surface area contributed by atoms with Crippen LogP contribution in [0.2, 0.25) is 0 Å². The van der Waals surface area contributed by atoms with Crippen molar-refractivity contribution in [3.63, 3.8) is 0 Å². The van der Waals surface area contributed by atoms with E-state index in [4.69, 9.17) is 14.2 Å². The van der Waals surface area contributed by atoms with Crippen molar-refractivity contribution in [2.45, 2.75) is 27.7 Å². The Morgan fingerprint density at radius 2 is 1.77 bits per heavy atom. The molecule has 0 aliphatic carbocycles. The van der Waals surface area contributed by atoms with Crippen molar-refractivity contribution in [2.24, 2.45) is 0 Å². The Morgan fingerprint density at radius 3 is 2.23 bits per heavy atom. The summed E-state index contributed by atoms with van der Waals surface area (Å²) in [5, 5.41) is 0. The van der Waals surface area contributed by atoms with Crippen molar-refractivity contribution in [2.75, 3.05) is 20.3 Å². The summed E-state index contributed by atoms with van der Waals surface area (Å²) in [6, 6.07) is 0. The molecule has 0 N–H and O–H groups in total. The summed E-state index contributed by atoms with van der Waals surface area (Å²) in [4.78, 5) is 36.6. The molecule has 0 spiro atoms. The summed E-state index contributed by atoms with van der Waals surface area (Å²) in [6.45, 7) is 6.86. The van der Waals surface area contributed by atoms with E-state index in [-0.39, 0.29) is 35.8 Å². The summed E-state index contributed by atoms with van der Waals surface area (Å²) >= 11 is 0. The lowest BCUT2D eigenvalue weighted by molar-refractivity contribution is -0.138. The van der Waals surface area contributed by atoms with E-state index in [1.807, 2.05) is 0 Å². The third-order valence-electron chi connectivity index (χ3n) is 3.07. The monoisotopic (exact) mass is 309 g/mol. The van der Waals surface area contributed by atoms with Crippen molar-refractivity contribution < 1.29 is 28.6 Å². The van der Waals surface area contributed by atoms with Gasteiger partial charge in [-0.3, -0.25) is 0 Å². The van der Waals surface area contributed by atoms with Gasteiger partial charge in [0.15, 0.2) is 5.76 Å². The minimum Gasteiger partial charge on any atom is -0.491 e. The van der Waals surface area contributed by atoms with E-state index in [1.54, 1.807) is 26.7 Å². The smallest absolute Gasteiger partial charge is 0.418 e. The second-order valence-electron chi connectivity index (χ2n) is 4.31. The maximum Gasteiger partial charge on any atom is 0.418 e. The Morgan fingerprint density at radius 1 is 1.14 bits per heavy atom. The molecule has 0 radical (unpaired) electrons. The third kappa shape index (κ3) is 3.04. The molecule has 1 amide bonds. The van der Waals surface area contributed by atoms with Crippen LogP contribution in [0.15, 0.2) is 28.3 Å². The Bertz CT molecular complexity index is 595. The highest BCUT2D eigenvalue weighted by molar-refractivity contribution is 6.00. The van der Waals surface area contributed by atoms with E-state index >= 15 is 0 Å². The van der Waals surface area contributed by atoms with Crippen molar-refractivity contribution in [1.82, 2.24) is 4.90 Å². The highest BCUT2D eigenvalue weighted by Gasteiger charge is 2.37. The molecule has 1 rings (SSSR count). The summed E-state index contributed by atoms with van der Waals surface area (Å²) in [7, 11) is 1.22. The van der Waals surface area contributed by atoms with E-state index < -0.39 is 12.1 Å². The Balaban J connectivity index is 3.57. The van der Waals surface area contributed by atoms with E-state index in [9.17, 15) is 14.4 Å². The van der Waals surface area contributed by atoms with Gasteiger partial charge in [-0.1, -0.05) is 0 Å². The molecule has 0 fully saturated rings. The first-order valence-electron chi connectivity index (χ1n) is 6.80. The number of methoxy groups -OCH3 is 1. The summed E-state index contributed by atoms with van der Waals surface area (Å²) in [5.74, 6) is 1.10. The molecule has 120 valence electrons. The predicted octanol–water partition coefficient (Wildman–Crippen LogP) is 1.93. The zero-order chi connectivity index (χ0) is 16.9. The van der Waals surface area contributed by atoms with Gasteiger partial charge < -0.3 is 14.2 Å². The third-order valence-corrected chi connectivity index (χ3v) is 3.07. The van der Waals surface area contributed by atoms with Crippen LogP contribution >= 0.6 is 0 Å². The number of allylic oxidation sites excluding steroid dienone is 3. The van der Waals surface area contributed by atoms with E-state index in [0.717, 1.165) is 4.90 Å². The second-order valence-corrected chi connectivity index (χ2v) is 4.31. The first kappa shape index (κ1) is 17.5. The quantitative estimate of drug-likeness (QED) is 0.583. The fourth-order valence-corrected chi connectivity index (χ4v) is 2.18. The number of nitrogens with zero attached hydrogens (tertiary/aromatic N) is 1. The van der Waals surface area contributed by atoms with Crippen molar-refractivity contribution in [1.29, 1.82) is 0 Å². The molecule has 0 aromatic rings. The molecule has 1 heterocycles. The van der Waals surface area contributed by atoms with E-state index in [0.29, 0.717) is 5.70 Å². The lowest BCUT2D eigenvalue weighted by Gasteiger charge is -2.31. The largest absolute Gasteiger partial charge is 0.491 e. The van der Waals surface area contributed by atoms with Gasteiger partial charge in [0.25, 0.3) is 0 Å². The lowest BCUT2D eigenvalue weighted by atomic mass is 9.97. The fraction of sp³-hybridized carbons (Fsp3) is 0.467. The number of hydrogen-bond donors (Lipinski definition) is 0. The second kappa shape index (κ2) is 7.47. The van der Waals surface area contributed by atoms with Gasteiger partial charge in [-0.15, -0.1) is 0 Å². The molecule has 1 aliphatic heterocycles. The van der Waals surface area contributed by atoms with Crippen molar-refractivity contribution >= 4 is 18.0 Å². The summed E-state index contributed by atoms with van der Waals surface area (Å²) in [6.07, 6.45) is -0.695. The first-order chi connectivity index (χ1) is 10.4. The normalized spacial score (nSPS) is 14.8. The number of amides is 1. The average Bonchev–Trinajstić information content (AvgIpc) is 2.49. The zero-order valence-corrected chi connectivity index (χ0v) is 13.3. The van der Waals surface area contributed by atoms with Crippen LogP contribution in [0.1, 0.15) is 27.7 Å². The Labute approximate surface area is 128 Å². The molecule has 0 saturated carbocycles. The van der Waals surface area contributed by atoms with Gasteiger partial charge in [-0.25, -0.2) is 19.3 Å². The number of carbonyl (C=O) groups excluding carboxylic acids is 3.